The van der Waals surface area contributed by atoms with Crippen molar-refractivity contribution >= 4 is 22.6 Å². The van der Waals surface area contributed by atoms with E-state index in [1.807, 2.05) is 36.4 Å². The first-order valence-electron chi connectivity index (χ1n) is 7.90. The molecule has 4 rings (SSSR count). The van der Waals surface area contributed by atoms with Crippen LogP contribution in [0, 0.1) is 0 Å². The topological polar surface area (TPSA) is 82.6 Å². The van der Waals surface area contributed by atoms with Crippen LogP contribution < -0.4 is 19.5 Å². The average Bonchev–Trinajstić information content (AvgIpc) is 3.16. The Hall–Kier alpha value is -3.13. The quantitative estimate of drug-likeness (QED) is 0.761. The summed E-state index contributed by atoms with van der Waals surface area (Å²) in [5, 5.41) is 3.14. The van der Waals surface area contributed by atoms with Crippen LogP contribution in [-0.4, -0.2) is 35.1 Å². The molecule has 8 heteroatoms. The Bertz CT molecular complexity index is 926. The van der Waals surface area contributed by atoms with Crippen LogP contribution in [0.5, 0.6) is 17.2 Å². The van der Waals surface area contributed by atoms with Crippen LogP contribution in [0.1, 0.15) is 0 Å². The molecule has 1 amide bonds. The fourth-order valence-corrected chi connectivity index (χ4v) is 3.06. The minimum atomic E-state index is -0.738. The number of nitrogens with one attached hydrogen (secondary N) is 1. The van der Waals surface area contributed by atoms with E-state index in [-0.39, 0.29) is 12.5 Å². The first-order valence-corrected chi connectivity index (χ1v) is 8.68. The Kier molecular flexibility index (Phi) is 4.40. The third kappa shape index (κ3) is 3.31. The van der Waals surface area contributed by atoms with Gasteiger partial charge in [0.15, 0.2) is 17.3 Å². The van der Waals surface area contributed by atoms with Crippen molar-refractivity contribution in [1.82, 2.24) is 9.36 Å². The summed E-state index contributed by atoms with van der Waals surface area (Å²) in [5.41, 5.74) is 0.841. The summed E-state index contributed by atoms with van der Waals surface area (Å²) in [6.45, 7) is 0.146. The van der Waals surface area contributed by atoms with Gasteiger partial charge in [0.25, 0.3) is 5.91 Å². The highest BCUT2D eigenvalue weighted by atomic mass is 32.1. The summed E-state index contributed by atoms with van der Waals surface area (Å²) >= 11 is 1.11. The summed E-state index contributed by atoms with van der Waals surface area (Å²) in [6, 6.07) is 14.6. The van der Waals surface area contributed by atoms with Gasteiger partial charge < -0.3 is 14.2 Å². The number of ether oxygens (including phenoxy) is 3. The smallest absolute Gasteiger partial charge is 0.270 e. The van der Waals surface area contributed by atoms with Crippen molar-refractivity contribution in [2.45, 2.75) is 6.10 Å². The van der Waals surface area contributed by atoms with E-state index in [0.29, 0.717) is 22.5 Å². The fourth-order valence-electron chi connectivity index (χ4n) is 2.47. The number of amides is 1. The number of rotatable bonds is 4. The molecule has 2 heterocycles. The predicted octanol–water partition coefficient (Wildman–Crippen LogP) is 2.99. The number of hydrogen-bond donors (Lipinski definition) is 1. The second-order valence-electron chi connectivity index (χ2n) is 5.51. The molecule has 3 aromatic rings. The molecule has 0 fully saturated rings. The molecule has 0 radical (unpaired) electrons. The van der Waals surface area contributed by atoms with Crippen LogP contribution in [0.2, 0.25) is 0 Å². The molecular formula is C18H15N3O4S. The largest absolute Gasteiger partial charge is 0.497 e. The Morgan fingerprint density at radius 3 is 2.73 bits per heavy atom. The lowest BCUT2D eigenvalue weighted by molar-refractivity contribution is -0.125. The molecule has 0 bridgehead atoms. The molecule has 0 aliphatic carbocycles. The van der Waals surface area contributed by atoms with Crippen molar-refractivity contribution in [3.8, 4) is 28.6 Å². The van der Waals surface area contributed by atoms with Crippen LogP contribution in [0.4, 0.5) is 5.13 Å². The van der Waals surface area contributed by atoms with Crippen LogP contribution in [0.3, 0.4) is 0 Å². The number of carbonyl (C=O) groups is 1. The zero-order valence-corrected chi connectivity index (χ0v) is 14.7. The predicted molar refractivity (Wildman–Crippen MR) is 96.9 cm³/mol. The van der Waals surface area contributed by atoms with Crippen molar-refractivity contribution in [3.05, 3.63) is 48.5 Å². The number of anilines is 1. The van der Waals surface area contributed by atoms with E-state index in [2.05, 4.69) is 14.7 Å². The van der Waals surface area contributed by atoms with E-state index in [1.165, 1.54) is 0 Å². The van der Waals surface area contributed by atoms with Gasteiger partial charge in [-0.3, -0.25) is 10.1 Å². The SMILES string of the molecule is COc1ccc(-c2nsc(NC(=O)[C@@H]3COc4ccccc4O3)n2)cc1. The number of methoxy groups -OCH3 is 1. The van der Waals surface area contributed by atoms with Gasteiger partial charge in [-0.25, -0.2) is 0 Å². The standard InChI is InChI=1S/C18H15N3O4S/c1-23-12-8-6-11(7-9-12)16-19-18(26-21-16)20-17(22)15-10-24-13-4-2-3-5-14(13)25-15/h2-9,15H,10H2,1H3,(H,19,20,21,22)/t15-/m0/s1. The number of nitrogens with zero attached hydrogens (tertiary/aromatic N) is 2. The maximum atomic E-state index is 12.4. The first-order chi connectivity index (χ1) is 12.7. The highest BCUT2D eigenvalue weighted by Gasteiger charge is 2.28. The van der Waals surface area contributed by atoms with Gasteiger partial charge in [-0.15, -0.1) is 0 Å². The molecule has 7 nitrogen and oxygen atoms in total. The summed E-state index contributed by atoms with van der Waals surface area (Å²) in [6.07, 6.45) is -0.738. The maximum absolute atomic E-state index is 12.4. The summed E-state index contributed by atoms with van der Waals surface area (Å²) in [4.78, 5) is 16.8. The molecule has 1 N–H and O–H groups in total. The monoisotopic (exact) mass is 369 g/mol. The van der Waals surface area contributed by atoms with E-state index < -0.39 is 6.10 Å². The average molecular weight is 369 g/mol. The van der Waals surface area contributed by atoms with E-state index in [9.17, 15) is 4.79 Å². The van der Waals surface area contributed by atoms with Gasteiger partial charge in [-0.1, -0.05) is 12.1 Å². The Labute approximate surface area is 153 Å². The highest BCUT2D eigenvalue weighted by Crippen LogP contribution is 2.31. The maximum Gasteiger partial charge on any atom is 0.270 e. The molecular weight excluding hydrogens is 354 g/mol. The number of aromatic nitrogens is 2. The zero-order chi connectivity index (χ0) is 17.9. The minimum Gasteiger partial charge on any atom is -0.497 e. The molecule has 1 aliphatic rings. The molecule has 0 spiro atoms. The number of hydrogen-bond acceptors (Lipinski definition) is 7. The van der Waals surface area contributed by atoms with Gasteiger partial charge >= 0.3 is 0 Å². The van der Waals surface area contributed by atoms with Crippen molar-refractivity contribution in [2.75, 3.05) is 19.0 Å². The van der Waals surface area contributed by atoms with Gasteiger partial charge in [0.2, 0.25) is 11.2 Å². The zero-order valence-electron chi connectivity index (χ0n) is 13.8. The lowest BCUT2D eigenvalue weighted by Crippen LogP contribution is -2.40. The summed E-state index contributed by atoms with van der Waals surface area (Å²) < 4.78 is 20.7. The Balaban J connectivity index is 1.43. The number of carbonyl (C=O) groups excluding carboxylic acids is 1. The van der Waals surface area contributed by atoms with E-state index >= 15 is 0 Å². The fraction of sp³-hybridized carbons (Fsp3) is 0.167. The van der Waals surface area contributed by atoms with Crippen molar-refractivity contribution in [2.24, 2.45) is 0 Å². The van der Waals surface area contributed by atoms with Crippen molar-refractivity contribution < 1.29 is 19.0 Å². The minimum absolute atomic E-state index is 0.146. The Morgan fingerprint density at radius 1 is 1.19 bits per heavy atom. The van der Waals surface area contributed by atoms with Crippen LogP contribution in [-0.2, 0) is 4.79 Å². The molecule has 132 valence electrons. The molecule has 1 aromatic heterocycles. The first kappa shape index (κ1) is 16.3. The number of para-hydroxylation sites is 2. The molecule has 2 aromatic carbocycles. The second kappa shape index (κ2) is 7.01. The van der Waals surface area contributed by atoms with Crippen molar-refractivity contribution in [3.63, 3.8) is 0 Å². The number of benzene rings is 2. The molecule has 0 saturated heterocycles. The molecule has 1 atom stereocenters. The lowest BCUT2D eigenvalue weighted by atomic mass is 10.2. The second-order valence-corrected chi connectivity index (χ2v) is 6.26. The summed E-state index contributed by atoms with van der Waals surface area (Å²) in [5.74, 6) is 2.16. The van der Waals surface area contributed by atoms with E-state index in [0.717, 1.165) is 22.8 Å². The third-order valence-electron chi connectivity index (χ3n) is 3.81. The van der Waals surface area contributed by atoms with Crippen LogP contribution in [0.15, 0.2) is 48.5 Å². The number of fused-ring (bicyclic) bond motifs is 1. The van der Waals surface area contributed by atoms with Gasteiger partial charge in [0.05, 0.1) is 7.11 Å². The van der Waals surface area contributed by atoms with Crippen LogP contribution in [0.25, 0.3) is 11.4 Å². The van der Waals surface area contributed by atoms with Gasteiger partial charge in [0.1, 0.15) is 12.4 Å². The molecule has 26 heavy (non-hydrogen) atoms. The van der Waals surface area contributed by atoms with E-state index in [4.69, 9.17) is 14.2 Å². The molecule has 1 aliphatic heterocycles. The lowest BCUT2D eigenvalue weighted by Gasteiger charge is -2.25. The van der Waals surface area contributed by atoms with Gasteiger partial charge in [-0.2, -0.15) is 9.36 Å². The summed E-state index contributed by atoms with van der Waals surface area (Å²) in [7, 11) is 1.61. The van der Waals surface area contributed by atoms with Crippen molar-refractivity contribution in [1.29, 1.82) is 0 Å². The Morgan fingerprint density at radius 2 is 1.96 bits per heavy atom. The third-order valence-corrected chi connectivity index (χ3v) is 4.44. The van der Waals surface area contributed by atoms with Gasteiger partial charge in [-0.05, 0) is 36.4 Å². The normalized spacial score (nSPS) is 15.3. The highest BCUT2D eigenvalue weighted by molar-refractivity contribution is 7.10. The van der Waals surface area contributed by atoms with Gasteiger partial charge in [0, 0.05) is 17.1 Å². The van der Waals surface area contributed by atoms with E-state index in [1.54, 1.807) is 19.2 Å². The van der Waals surface area contributed by atoms with Crippen LogP contribution >= 0.6 is 11.5 Å². The molecule has 0 saturated carbocycles. The molecule has 0 unspecified atom stereocenters.